The summed E-state index contributed by atoms with van der Waals surface area (Å²) in [5.41, 5.74) is 2.59. The van der Waals surface area contributed by atoms with Gasteiger partial charge >= 0.3 is 0 Å². The van der Waals surface area contributed by atoms with Crippen LogP contribution in [0.15, 0.2) is 34.2 Å². The number of nitrogens with zero attached hydrogens (tertiary/aromatic N) is 2. The molecule has 136 valence electrons. The second-order valence-corrected chi connectivity index (χ2v) is 8.50. The van der Waals surface area contributed by atoms with Gasteiger partial charge in [0.1, 0.15) is 10.6 Å². The number of fused-ring (bicyclic) bond motifs is 3. The molecule has 0 spiro atoms. The Labute approximate surface area is 161 Å². The number of hydrogen-bond acceptors (Lipinski definition) is 5. The minimum Gasteiger partial charge on any atom is -0.497 e. The topological polar surface area (TPSA) is 44.1 Å². The van der Waals surface area contributed by atoms with Crippen molar-refractivity contribution in [3.05, 3.63) is 50.6 Å². The summed E-state index contributed by atoms with van der Waals surface area (Å²) < 4.78 is 7.04. The molecule has 2 aromatic heterocycles. The van der Waals surface area contributed by atoms with E-state index in [1.54, 1.807) is 30.2 Å². The van der Waals surface area contributed by atoms with E-state index in [0.717, 1.165) is 39.7 Å². The van der Waals surface area contributed by atoms with E-state index >= 15 is 0 Å². The zero-order chi connectivity index (χ0) is 18.1. The van der Waals surface area contributed by atoms with Crippen molar-refractivity contribution in [1.82, 2.24) is 9.55 Å². The highest BCUT2D eigenvalue weighted by molar-refractivity contribution is 7.98. The normalized spacial score (nSPS) is 13.8. The van der Waals surface area contributed by atoms with Gasteiger partial charge in [0, 0.05) is 17.2 Å². The standard InChI is InChI=1S/C20H22N2O2S2/c1-3-22-19(23)17-15-6-4-5-7-16(15)26-18(17)21-20(22)25-12-13-8-10-14(24-2)11-9-13/h8-11H,3-7,12H2,1-2H3. The predicted octanol–water partition coefficient (Wildman–Crippen LogP) is 4.66. The van der Waals surface area contributed by atoms with Crippen molar-refractivity contribution < 1.29 is 4.74 Å². The molecule has 26 heavy (non-hydrogen) atoms. The summed E-state index contributed by atoms with van der Waals surface area (Å²) in [6, 6.07) is 8.05. The zero-order valence-electron chi connectivity index (χ0n) is 15.1. The largest absolute Gasteiger partial charge is 0.497 e. The van der Waals surface area contributed by atoms with Crippen LogP contribution < -0.4 is 10.3 Å². The summed E-state index contributed by atoms with van der Waals surface area (Å²) in [5.74, 6) is 1.64. The molecule has 0 saturated heterocycles. The molecule has 0 atom stereocenters. The lowest BCUT2D eigenvalue weighted by atomic mass is 9.97. The Morgan fingerprint density at radius 2 is 2.00 bits per heavy atom. The molecule has 0 fully saturated rings. The number of methoxy groups -OCH3 is 1. The molecule has 0 saturated carbocycles. The van der Waals surface area contributed by atoms with Crippen LogP contribution in [0.1, 0.15) is 35.8 Å². The summed E-state index contributed by atoms with van der Waals surface area (Å²) in [6.07, 6.45) is 4.52. The third-order valence-electron chi connectivity index (χ3n) is 4.88. The van der Waals surface area contributed by atoms with Crippen LogP contribution in [0.25, 0.3) is 10.2 Å². The SMILES string of the molecule is CCn1c(SCc2ccc(OC)cc2)nc2sc3c(c2c1=O)CCCC3. The minimum absolute atomic E-state index is 0.133. The second kappa shape index (κ2) is 7.45. The van der Waals surface area contributed by atoms with Crippen LogP contribution in [-0.4, -0.2) is 16.7 Å². The Bertz CT molecular complexity index is 990. The summed E-state index contributed by atoms with van der Waals surface area (Å²) in [5, 5.41) is 1.69. The lowest BCUT2D eigenvalue weighted by molar-refractivity contribution is 0.414. The smallest absolute Gasteiger partial charge is 0.263 e. The van der Waals surface area contributed by atoms with Gasteiger partial charge in [0.25, 0.3) is 5.56 Å². The Balaban J connectivity index is 1.68. The maximum absolute atomic E-state index is 13.1. The molecule has 0 N–H and O–H groups in total. The number of rotatable bonds is 5. The number of thioether (sulfide) groups is 1. The van der Waals surface area contributed by atoms with Crippen molar-refractivity contribution in [2.24, 2.45) is 0 Å². The monoisotopic (exact) mass is 386 g/mol. The van der Waals surface area contributed by atoms with Gasteiger partial charge < -0.3 is 4.74 Å². The lowest BCUT2D eigenvalue weighted by Gasteiger charge is -2.12. The van der Waals surface area contributed by atoms with E-state index in [4.69, 9.17) is 9.72 Å². The molecule has 0 aliphatic heterocycles. The first-order valence-corrected chi connectivity index (χ1v) is 10.8. The van der Waals surface area contributed by atoms with Crippen LogP contribution in [0.4, 0.5) is 0 Å². The van der Waals surface area contributed by atoms with Crippen molar-refractivity contribution in [1.29, 1.82) is 0 Å². The van der Waals surface area contributed by atoms with E-state index in [-0.39, 0.29) is 5.56 Å². The maximum atomic E-state index is 13.1. The second-order valence-electron chi connectivity index (χ2n) is 6.47. The van der Waals surface area contributed by atoms with Crippen LogP contribution in [0, 0.1) is 0 Å². The van der Waals surface area contributed by atoms with Gasteiger partial charge in [-0.1, -0.05) is 23.9 Å². The van der Waals surface area contributed by atoms with E-state index in [1.807, 2.05) is 23.6 Å². The minimum atomic E-state index is 0.133. The van der Waals surface area contributed by atoms with Crippen LogP contribution >= 0.6 is 23.1 Å². The predicted molar refractivity (Wildman–Crippen MR) is 109 cm³/mol. The Kier molecular flexibility index (Phi) is 5.05. The highest BCUT2D eigenvalue weighted by Gasteiger charge is 2.21. The highest BCUT2D eigenvalue weighted by atomic mass is 32.2. The molecule has 1 aliphatic carbocycles. The van der Waals surface area contributed by atoms with Crippen LogP contribution in [0.3, 0.4) is 0 Å². The molecule has 3 aromatic rings. The summed E-state index contributed by atoms with van der Waals surface area (Å²) in [4.78, 5) is 20.3. The van der Waals surface area contributed by atoms with Crippen molar-refractivity contribution in [2.75, 3.05) is 7.11 Å². The van der Waals surface area contributed by atoms with Crippen molar-refractivity contribution in [3.8, 4) is 5.75 Å². The van der Waals surface area contributed by atoms with Crippen LogP contribution in [-0.2, 0) is 25.1 Å². The zero-order valence-corrected chi connectivity index (χ0v) is 16.7. The first kappa shape index (κ1) is 17.6. The molecule has 0 amide bonds. The van der Waals surface area contributed by atoms with Gasteiger partial charge in [-0.05, 0) is 55.9 Å². The van der Waals surface area contributed by atoms with Gasteiger partial charge in [0.05, 0.1) is 12.5 Å². The number of hydrogen-bond donors (Lipinski definition) is 0. The first-order valence-electron chi connectivity index (χ1n) is 9.02. The molecule has 0 bridgehead atoms. The average Bonchev–Trinajstić information content (AvgIpc) is 3.05. The Hall–Kier alpha value is -1.79. The Morgan fingerprint density at radius 1 is 1.23 bits per heavy atom. The molecule has 1 aromatic carbocycles. The fraction of sp³-hybridized carbons (Fsp3) is 0.400. The number of thiophene rings is 1. The van der Waals surface area contributed by atoms with Crippen LogP contribution in [0.5, 0.6) is 5.75 Å². The van der Waals surface area contributed by atoms with Gasteiger partial charge in [-0.15, -0.1) is 11.3 Å². The van der Waals surface area contributed by atoms with Gasteiger partial charge in [-0.25, -0.2) is 4.98 Å². The molecule has 2 heterocycles. The van der Waals surface area contributed by atoms with Gasteiger partial charge in [-0.3, -0.25) is 9.36 Å². The summed E-state index contributed by atoms with van der Waals surface area (Å²) in [6.45, 7) is 2.67. The van der Waals surface area contributed by atoms with Gasteiger partial charge in [-0.2, -0.15) is 0 Å². The van der Waals surface area contributed by atoms with E-state index in [0.29, 0.717) is 6.54 Å². The quantitative estimate of drug-likeness (QED) is 0.473. The van der Waals surface area contributed by atoms with E-state index < -0.39 is 0 Å². The molecule has 4 rings (SSSR count). The number of ether oxygens (including phenoxy) is 1. The number of benzene rings is 1. The van der Waals surface area contributed by atoms with Crippen molar-refractivity contribution >= 4 is 33.3 Å². The van der Waals surface area contributed by atoms with Crippen molar-refractivity contribution in [2.45, 2.75) is 50.1 Å². The van der Waals surface area contributed by atoms with E-state index in [2.05, 4.69) is 12.1 Å². The molecule has 4 nitrogen and oxygen atoms in total. The average molecular weight is 387 g/mol. The van der Waals surface area contributed by atoms with Gasteiger partial charge in [0.15, 0.2) is 5.16 Å². The first-order chi connectivity index (χ1) is 12.7. The van der Waals surface area contributed by atoms with E-state index in [1.165, 1.54) is 28.8 Å². The third-order valence-corrected chi connectivity index (χ3v) is 7.12. The maximum Gasteiger partial charge on any atom is 0.263 e. The lowest BCUT2D eigenvalue weighted by Crippen LogP contribution is -2.22. The molecule has 0 unspecified atom stereocenters. The van der Waals surface area contributed by atoms with Gasteiger partial charge in [0.2, 0.25) is 0 Å². The van der Waals surface area contributed by atoms with Crippen LogP contribution in [0.2, 0.25) is 0 Å². The van der Waals surface area contributed by atoms with E-state index in [9.17, 15) is 4.79 Å². The molecular weight excluding hydrogens is 364 g/mol. The number of aryl methyl sites for hydroxylation is 2. The molecule has 0 radical (unpaired) electrons. The molecule has 1 aliphatic rings. The number of aromatic nitrogens is 2. The fourth-order valence-corrected chi connectivity index (χ4v) is 5.80. The highest BCUT2D eigenvalue weighted by Crippen LogP contribution is 2.35. The molecular formula is C20H22N2O2S2. The fourth-order valence-electron chi connectivity index (χ4n) is 3.48. The summed E-state index contributed by atoms with van der Waals surface area (Å²) >= 11 is 3.35. The Morgan fingerprint density at radius 3 is 2.73 bits per heavy atom. The summed E-state index contributed by atoms with van der Waals surface area (Å²) in [7, 11) is 1.67. The molecule has 6 heteroatoms. The van der Waals surface area contributed by atoms with Crippen molar-refractivity contribution in [3.63, 3.8) is 0 Å². The third kappa shape index (κ3) is 3.16.